The molecule has 0 radical (unpaired) electrons. The lowest BCUT2D eigenvalue weighted by atomic mass is 10.1. The van der Waals surface area contributed by atoms with Crippen LogP contribution in [-0.4, -0.2) is 38.4 Å². The van der Waals surface area contributed by atoms with Gasteiger partial charge in [-0.05, 0) is 31.2 Å². The molecule has 0 aliphatic heterocycles. The van der Waals surface area contributed by atoms with Crippen LogP contribution in [0.5, 0.6) is 0 Å². The second-order valence-corrected chi connectivity index (χ2v) is 5.47. The third-order valence-electron chi connectivity index (χ3n) is 3.57. The van der Waals surface area contributed by atoms with Crippen LogP contribution in [0.1, 0.15) is 17.3 Å². The molecule has 0 saturated carbocycles. The number of aromatic nitrogens is 3. The molecule has 2 N–H and O–H groups in total. The van der Waals surface area contributed by atoms with Gasteiger partial charge in [0.2, 0.25) is 0 Å². The van der Waals surface area contributed by atoms with Crippen LogP contribution in [0, 0.1) is 0 Å². The van der Waals surface area contributed by atoms with Crippen LogP contribution in [0.4, 0.5) is 0 Å². The summed E-state index contributed by atoms with van der Waals surface area (Å²) in [6.45, 7) is 1.62. The van der Waals surface area contributed by atoms with Gasteiger partial charge in [0.25, 0.3) is 5.91 Å². The molecule has 1 unspecified atom stereocenters. The molecule has 2 aromatic heterocycles. The van der Waals surface area contributed by atoms with Crippen molar-refractivity contribution in [3.8, 4) is 16.9 Å². The van der Waals surface area contributed by atoms with Crippen molar-refractivity contribution in [2.45, 2.75) is 13.0 Å². The van der Waals surface area contributed by atoms with Gasteiger partial charge in [-0.25, -0.2) is 4.68 Å². The number of carbonyl (C=O) groups excluding carboxylic acids is 1. The third kappa shape index (κ3) is 3.33. The van der Waals surface area contributed by atoms with Crippen LogP contribution < -0.4 is 5.32 Å². The van der Waals surface area contributed by atoms with Crippen molar-refractivity contribution in [1.82, 2.24) is 20.1 Å². The Morgan fingerprint density at radius 1 is 1.25 bits per heavy atom. The summed E-state index contributed by atoms with van der Waals surface area (Å²) in [5.41, 5.74) is 2.60. The topological polar surface area (TPSA) is 80.0 Å². The Morgan fingerprint density at radius 3 is 2.71 bits per heavy atom. The Hall–Kier alpha value is -2.99. The van der Waals surface area contributed by atoms with Gasteiger partial charge in [-0.1, -0.05) is 18.2 Å². The second kappa shape index (κ2) is 7.06. The van der Waals surface area contributed by atoms with Gasteiger partial charge in [0, 0.05) is 30.2 Å². The van der Waals surface area contributed by atoms with Crippen molar-refractivity contribution in [1.29, 1.82) is 0 Å². The first-order valence-corrected chi connectivity index (χ1v) is 7.66. The number of hydrogen-bond acceptors (Lipinski definition) is 4. The molecule has 6 nitrogen and oxygen atoms in total. The number of aliphatic hydroxyl groups is 1. The number of hydrogen-bond donors (Lipinski definition) is 2. The molecule has 1 atom stereocenters. The SMILES string of the molecule is CC(CO)NC(=O)c1cn(-c2ccccc2)nc1-c1cccnc1. The first-order valence-electron chi connectivity index (χ1n) is 7.66. The molecule has 6 heteroatoms. The van der Waals surface area contributed by atoms with Gasteiger partial charge < -0.3 is 10.4 Å². The molecule has 122 valence electrons. The summed E-state index contributed by atoms with van der Waals surface area (Å²) in [7, 11) is 0. The molecule has 24 heavy (non-hydrogen) atoms. The Balaban J connectivity index is 2.05. The highest BCUT2D eigenvalue weighted by Gasteiger charge is 2.19. The van der Waals surface area contributed by atoms with E-state index in [1.54, 1.807) is 36.3 Å². The molecule has 3 rings (SSSR count). The van der Waals surface area contributed by atoms with Gasteiger partial charge in [-0.3, -0.25) is 9.78 Å². The lowest BCUT2D eigenvalue weighted by Crippen LogP contribution is -2.35. The Kier molecular flexibility index (Phi) is 4.67. The monoisotopic (exact) mass is 322 g/mol. The van der Waals surface area contributed by atoms with Crippen LogP contribution in [0.15, 0.2) is 61.1 Å². The van der Waals surface area contributed by atoms with Crippen molar-refractivity contribution in [3.63, 3.8) is 0 Å². The minimum atomic E-state index is -0.334. The molecular weight excluding hydrogens is 304 g/mol. The summed E-state index contributed by atoms with van der Waals surface area (Å²) in [5, 5.41) is 16.5. The van der Waals surface area contributed by atoms with E-state index in [-0.39, 0.29) is 18.6 Å². The van der Waals surface area contributed by atoms with E-state index < -0.39 is 0 Å². The molecule has 1 amide bonds. The standard InChI is InChI=1S/C18H18N4O2/c1-13(12-23)20-18(24)16-11-22(15-7-3-2-4-8-15)21-17(16)14-6-5-9-19-10-14/h2-11,13,23H,12H2,1H3,(H,20,24). The number of aliphatic hydroxyl groups excluding tert-OH is 1. The fraction of sp³-hybridized carbons (Fsp3) is 0.167. The van der Waals surface area contributed by atoms with E-state index in [1.807, 2.05) is 36.4 Å². The van der Waals surface area contributed by atoms with Gasteiger partial charge in [0.15, 0.2) is 0 Å². The van der Waals surface area contributed by atoms with Crippen molar-refractivity contribution < 1.29 is 9.90 Å². The summed E-state index contributed by atoms with van der Waals surface area (Å²) < 4.78 is 1.67. The van der Waals surface area contributed by atoms with E-state index >= 15 is 0 Å². The van der Waals surface area contributed by atoms with Gasteiger partial charge in [0.05, 0.1) is 17.9 Å². The fourth-order valence-electron chi connectivity index (χ4n) is 2.32. The first kappa shape index (κ1) is 15.9. The number of nitrogens with zero attached hydrogens (tertiary/aromatic N) is 3. The zero-order chi connectivity index (χ0) is 16.9. The summed E-state index contributed by atoms with van der Waals surface area (Å²) in [5.74, 6) is -0.280. The van der Waals surface area contributed by atoms with E-state index in [1.165, 1.54) is 0 Å². The van der Waals surface area contributed by atoms with Gasteiger partial charge >= 0.3 is 0 Å². The molecule has 3 aromatic rings. The molecular formula is C18H18N4O2. The summed E-state index contributed by atoms with van der Waals surface area (Å²) in [4.78, 5) is 16.7. The lowest BCUT2D eigenvalue weighted by molar-refractivity contribution is 0.0923. The maximum absolute atomic E-state index is 12.6. The van der Waals surface area contributed by atoms with Gasteiger partial charge in [0.1, 0.15) is 5.69 Å². The number of rotatable bonds is 5. The molecule has 0 saturated heterocycles. The Labute approximate surface area is 139 Å². The molecule has 2 heterocycles. The zero-order valence-electron chi connectivity index (χ0n) is 13.3. The fourth-order valence-corrected chi connectivity index (χ4v) is 2.32. The molecule has 0 spiro atoms. The third-order valence-corrected chi connectivity index (χ3v) is 3.57. The van der Waals surface area contributed by atoms with E-state index in [2.05, 4.69) is 15.4 Å². The summed E-state index contributed by atoms with van der Waals surface area (Å²) in [6, 6.07) is 12.9. The molecule has 0 fully saturated rings. The van der Waals surface area contributed by atoms with Crippen molar-refractivity contribution in [2.24, 2.45) is 0 Å². The van der Waals surface area contributed by atoms with E-state index in [9.17, 15) is 4.79 Å². The number of pyridine rings is 1. The minimum absolute atomic E-state index is 0.124. The van der Waals surface area contributed by atoms with Crippen molar-refractivity contribution in [2.75, 3.05) is 6.61 Å². The number of nitrogens with one attached hydrogen (secondary N) is 1. The predicted molar refractivity (Wildman–Crippen MR) is 90.8 cm³/mol. The first-order chi connectivity index (χ1) is 11.7. The Morgan fingerprint density at radius 2 is 2.04 bits per heavy atom. The minimum Gasteiger partial charge on any atom is -0.394 e. The molecule has 0 aliphatic carbocycles. The molecule has 1 aromatic carbocycles. The van der Waals surface area contributed by atoms with Crippen LogP contribution in [-0.2, 0) is 0 Å². The van der Waals surface area contributed by atoms with Crippen molar-refractivity contribution in [3.05, 3.63) is 66.6 Å². The quantitative estimate of drug-likeness (QED) is 0.753. The highest BCUT2D eigenvalue weighted by Crippen LogP contribution is 2.23. The van der Waals surface area contributed by atoms with Gasteiger partial charge in [-0.15, -0.1) is 0 Å². The van der Waals surface area contributed by atoms with Crippen LogP contribution in [0.25, 0.3) is 16.9 Å². The van der Waals surface area contributed by atoms with E-state index in [4.69, 9.17) is 5.11 Å². The van der Waals surface area contributed by atoms with Crippen molar-refractivity contribution >= 4 is 5.91 Å². The number of carbonyl (C=O) groups is 1. The van der Waals surface area contributed by atoms with E-state index in [0.29, 0.717) is 11.3 Å². The summed E-state index contributed by atoms with van der Waals surface area (Å²) in [6.07, 6.45) is 5.03. The van der Waals surface area contributed by atoms with E-state index in [0.717, 1.165) is 11.3 Å². The second-order valence-electron chi connectivity index (χ2n) is 5.47. The largest absolute Gasteiger partial charge is 0.394 e. The maximum Gasteiger partial charge on any atom is 0.255 e. The molecule has 0 bridgehead atoms. The normalized spacial score (nSPS) is 11.9. The van der Waals surface area contributed by atoms with Crippen LogP contribution in [0.2, 0.25) is 0 Å². The van der Waals surface area contributed by atoms with Crippen LogP contribution >= 0.6 is 0 Å². The number of benzene rings is 1. The van der Waals surface area contributed by atoms with Gasteiger partial charge in [-0.2, -0.15) is 5.10 Å². The number of para-hydroxylation sites is 1. The predicted octanol–water partition coefficient (Wildman–Crippen LogP) is 2.04. The van der Waals surface area contributed by atoms with Crippen LogP contribution in [0.3, 0.4) is 0 Å². The summed E-state index contributed by atoms with van der Waals surface area (Å²) >= 11 is 0. The maximum atomic E-state index is 12.6. The Bertz CT molecular complexity index is 816. The average molecular weight is 322 g/mol. The molecule has 0 aliphatic rings. The number of amides is 1. The zero-order valence-corrected chi connectivity index (χ0v) is 13.3. The average Bonchev–Trinajstić information content (AvgIpc) is 3.08. The highest BCUT2D eigenvalue weighted by atomic mass is 16.3. The highest BCUT2D eigenvalue weighted by molar-refractivity contribution is 6.00. The smallest absolute Gasteiger partial charge is 0.255 e. The lowest BCUT2D eigenvalue weighted by Gasteiger charge is -2.10.